The maximum Gasteiger partial charge on any atom is 0.0949 e. The van der Waals surface area contributed by atoms with Gasteiger partial charge in [-0.3, -0.25) is 0 Å². The fourth-order valence-electron chi connectivity index (χ4n) is 1.46. The third-order valence-corrected chi connectivity index (χ3v) is 2.51. The monoisotopic (exact) mass is 240 g/mol. The molecule has 1 rings (SSSR count). The number of imidazole rings is 1. The Bertz CT molecular complexity index is 298. The fraction of sp³-hybridized carbons (Fsp3) is 0.750. The summed E-state index contributed by atoms with van der Waals surface area (Å²) in [5.74, 6) is 0. The van der Waals surface area contributed by atoms with E-state index < -0.39 is 0 Å². The summed E-state index contributed by atoms with van der Waals surface area (Å²) in [5.41, 5.74) is 1.21. The predicted molar refractivity (Wildman–Crippen MR) is 69.0 cm³/mol. The lowest BCUT2D eigenvalue weighted by molar-refractivity contribution is 0.110. The molecule has 5 nitrogen and oxygen atoms in total. The molecule has 0 amide bonds. The van der Waals surface area contributed by atoms with E-state index in [4.69, 9.17) is 4.74 Å². The van der Waals surface area contributed by atoms with Crippen LogP contribution in [0.5, 0.6) is 0 Å². The normalized spacial score (nSPS) is 11.3. The van der Waals surface area contributed by atoms with Crippen LogP contribution in [0.1, 0.15) is 12.6 Å². The zero-order valence-corrected chi connectivity index (χ0v) is 11.1. The van der Waals surface area contributed by atoms with Gasteiger partial charge in [0.05, 0.1) is 25.2 Å². The molecule has 0 saturated heterocycles. The Morgan fingerprint density at radius 2 is 2.24 bits per heavy atom. The average molecular weight is 240 g/mol. The number of nitrogens with one attached hydrogen (secondary N) is 1. The third kappa shape index (κ3) is 5.81. The second kappa shape index (κ2) is 8.22. The van der Waals surface area contributed by atoms with Crippen LogP contribution in [0.4, 0.5) is 0 Å². The fourth-order valence-corrected chi connectivity index (χ4v) is 1.46. The minimum absolute atomic E-state index is 0.739. The van der Waals surface area contributed by atoms with Gasteiger partial charge in [-0.05, 0) is 20.6 Å². The molecule has 0 fully saturated rings. The van der Waals surface area contributed by atoms with E-state index in [1.54, 1.807) is 0 Å². The molecule has 0 radical (unpaired) electrons. The number of aromatic nitrogens is 2. The molecule has 0 aromatic carbocycles. The first kappa shape index (κ1) is 14.2. The summed E-state index contributed by atoms with van der Waals surface area (Å²) in [5, 5.41) is 3.30. The van der Waals surface area contributed by atoms with Crippen molar-refractivity contribution in [3.8, 4) is 0 Å². The first-order valence-electron chi connectivity index (χ1n) is 6.16. The summed E-state index contributed by atoms with van der Waals surface area (Å²) in [4.78, 5) is 6.28. The van der Waals surface area contributed by atoms with Crippen LogP contribution in [0.25, 0.3) is 0 Å². The number of ether oxygens (including phenoxy) is 1. The number of hydrogen-bond acceptors (Lipinski definition) is 4. The summed E-state index contributed by atoms with van der Waals surface area (Å²) < 4.78 is 7.70. The molecule has 1 heterocycles. The lowest BCUT2D eigenvalue weighted by atomic mass is 10.4. The van der Waals surface area contributed by atoms with Crippen molar-refractivity contribution >= 4 is 0 Å². The van der Waals surface area contributed by atoms with Crippen molar-refractivity contribution in [2.45, 2.75) is 20.0 Å². The van der Waals surface area contributed by atoms with E-state index in [-0.39, 0.29) is 0 Å². The van der Waals surface area contributed by atoms with Gasteiger partial charge in [0.25, 0.3) is 0 Å². The molecule has 1 N–H and O–H groups in total. The van der Waals surface area contributed by atoms with Crippen molar-refractivity contribution in [2.24, 2.45) is 0 Å². The smallest absolute Gasteiger partial charge is 0.0949 e. The van der Waals surface area contributed by atoms with E-state index in [9.17, 15) is 0 Å². The van der Waals surface area contributed by atoms with Gasteiger partial charge in [0, 0.05) is 25.8 Å². The Labute approximate surface area is 104 Å². The van der Waals surface area contributed by atoms with Crippen LogP contribution in [0, 0.1) is 0 Å². The van der Waals surface area contributed by atoms with Crippen LogP contribution >= 0.6 is 0 Å². The molecule has 0 spiro atoms. The van der Waals surface area contributed by atoms with Gasteiger partial charge in [-0.1, -0.05) is 6.92 Å². The van der Waals surface area contributed by atoms with Gasteiger partial charge in [0.1, 0.15) is 0 Å². The number of rotatable bonds is 9. The third-order valence-electron chi connectivity index (χ3n) is 2.51. The zero-order valence-electron chi connectivity index (χ0n) is 11.1. The van der Waals surface area contributed by atoms with Crippen LogP contribution < -0.4 is 5.32 Å². The molecular formula is C12H24N4O. The van der Waals surface area contributed by atoms with E-state index in [1.807, 2.05) is 26.6 Å². The quantitative estimate of drug-likeness (QED) is 0.641. The van der Waals surface area contributed by atoms with Gasteiger partial charge in [-0.2, -0.15) is 0 Å². The average Bonchev–Trinajstić information content (AvgIpc) is 2.73. The Kier molecular flexibility index (Phi) is 6.84. The molecule has 17 heavy (non-hydrogen) atoms. The minimum Gasteiger partial charge on any atom is -0.378 e. The lowest BCUT2D eigenvalue weighted by Crippen LogP contribution is -2.20. The summed E-state index contributed by atoms with van der Waals surface area (Å²) in [6.07, 6.45) is 3.77. The van der Waals surface area contributed by atoms with Crippen LogP contribution in [0.15, 0.2) is 12.5 Å². The molecule has 0 unspecified atom stereocenters. The van der Waals surface area contributed by atoms with Crippen LogP contribution in [0.2, 0.25) is 0 Å². The summed E-state index contributed by atoms with van der Waals surface area (Å²) >= 11 is 0. The first-order chi connectivity index (χ1) is 8.24. The van der Waals surface area contributed by atoms with Crippen molar-refractivity contribution in [3.05, 3.63) is 18.2 Å². The van der Waals surface area contributed by atoms with E-state index >= 15 is 0 Å². The van der Waals surface area contributed by atoms with Crippen molar-refractivity contribution in [3.63, 3.8) is 0 Å². The van der Waals surface area contributed by atoms with Crippen molar-refractivity contribution in [2.75, 3.05) is 40.4 Å². The number of hydrogen-bond donors (Lipinski definition) is 1. The SMILES string of the molecule is CCNCc1cncn1CCOCCN(C)C. The highest BCUT2D eigenvalue weighted by Crippen LogP contribution is 1.98. The van der Waals surface area contributed by atoms with Crippen molar-refractivity contribution in [1.29, 1.82) is 0 Å². The van der Waals surface area contributed by atoms with Crippen LogP contribution in [0.3, 0.4) is 0 Å². The van der Waals surface area contributed by atoms with Crippen LogP contribution in [-0.4, -0.2) is 54.8 Å². The Balaban J connectivity index is 2.19. The maximum absolute atomic E-state index is 5.57. The van der Waals surface area contributed by atoms with Crippen molar-refractivity contribution < 1.29 is 4.74 Å². The highest BCUT2D eigenvalue weighted by atomic mass is 16.5. The largest absolute Gasteiger partial charge is 0.378 e. The number of likely N-dealkylation sites (N-methyl/N-ethyl adjacent to an activating group) is 1. The van der Waals surface area contributed by atoms with Gasteiger partial charge in [0.2, 0.25) is 0 Å². The Morgan fingerprint density at radius 1 is 1.41 bits per heavy atom. The van der Waals surface area contributed by atoms with Gasteiger partial charge in [-0.25, -0.2) is 4.98 Å². The molecule has 0 aliphatic rings. The molecule has 1 aromatic rings. The molecule has 0 bridgehead atoms. The summed E-state index contributed by atoms with van der Waals surface area (Å²) in [7, 11) is 4.10. The standard InChI is InChI=1S/C12H24N4O/c1-4-13-9-12-10-14-11-16(12)6-8-17-7-5-15(2)3/h10-11,13H,4-9H2,1-3H3. The van der Waals surface area contributed by atoms with E-state index in [0.29, 0.717) is 0 Å². The topological polar surface area (TPSA) is 42.3 Å². The van der Waals surface area contributed by atoms with Gasteiger partial charge < -0.3 is 19.5 Å². The summed E-state index contributed by atoms with van der Waals surface area (Å²) in [6, 6.07) is 0. The molecular weight excluding hydrogens is 216 g/mol. The lowest BCUT2D eigenvalue weighted by Gasteiger charge is -2.11. The second-order valence-corrected chi connectivity index (χ2v) is 4.27. The second-order valence-electron chi connectivity index (χ2n) is 4.27. The van der Waals surface area contributed by atoms with E-state index in [2.05, 4.69) is 26.7 Å². The molecule has 0 aliphatic heterocycles. The van der Waals surface area contributed by atoms with E-state index in [0.717, 1.165) is 39.4 Å². The molecule has 1 aromatic heterocycles. The maximum atomic E-state index is 5.57. The van der Waals surface area contributed by atoms with E-state index in [1.165, 1.54) is 5.69 Å². The molecule has 0 aliphatic carbocycles. The minimum atomic E-state index is 0.739. The first-order valence-corrected chi connectivity index (χ1v) is 6.16. The number of nitrogens with zero attached hydrogens (tertiary/aromatic N) is 3. The predicted octanol–water partition coefficient (Wildman–Crippen LogP) is 0.571. The van der Waals surface area contributed by atoms with Gasteiger partial charge in [-0.15, -0.1) is 0 Å². The zero-order chi connectivity index (χ0) is 12.5. The van der Waals surface area contributed by atoms with Crippen molar-refractivity contribution in [1.82, 2.24) is 19.8 Å². The highest BCUT2D eigenvalue weighted by molar-refractivity contribution is 4.97. The molecule has 5 heteroatoms. The Morgan fingerprint density at radius 3 is 2.94 bits per heavy atom. The van der Waals surface area contributed by atoms with Crippen LogP contribution in [-0.2, 0) is 17.8 Å². The summed E-state index contributed by atoms with van der Waals surface area (Å²) in [6.45, 7) is 7.31. The van der Waals surface area contributed by atoms with Gasteiger partial charge in [0.15, 0.2) is 0 Å². The van der Waals surface area contributed by atoms with Gasteiger partial charge >= 0.3 is 0 Å². The molecule has 0 saturated carbocycles. The molecule has 98 valence electrons. The Hall–Kier alpha value is -0.910. The highest BCUT2D eigenvalue weighted by Gasteiger charge is 2.00. The molecule has 0 atom stereocenters.